The number of nitrogens with one attached hydrogen (secondary N) is 1. The molecule has 1 aliphatic heterocycles. The molecule has 2 amide bonds. The van der Waals surface area contributed by atoms with Gasteiger partial charge in [0.2, 0.25) is 0 Å². The first kappa shape index (κ1) is 17.3. The molecule has 0 saturated carbocycles. The monoisotopic (exact) mass is 328 g/mol. The Kier molecular flexibility index (Phi) is 5.63. The van der Waals surface area contributed by atoms with Crippen LogP contribution in [-0.4, -0.2) is 38.8 Å². The van der Waals surface area contributed by atoms with Gasteiger partial charge in [0.25, 0.3) is 5.92 Å². The largest absolute Gasteiger partial charge is 0.493 e. The van der Waals surface area contributed by atoms with Gasteiger partial charge in [0.1, 0.15) is 0 Å². The minimum atomic E-state index is -2.89. The van der Waals surface area contributed by atoms with Gasteiger partial charge in [-0.25, -0.2) is 13.6 Å². The molecule has 23 heavy (non-hydrogen) atoms. The highest BCUT2D eigenvalue weighted by molar-refractivity contribution is 5.93. The number of nitrogens with zero attached hydrogens (tertiary/aromatic N) is 1. The lowest BCUT2D eigenvalue weighted by molar-refractivity contribution is -0.0485. The summed E-state index contributed by atoms with van der Waals surface area (Å²) in [7, 11) is 1.44. The molecule has 0 aliphatic carbocycles. The van der Waals surface area contributed by atoms with Crippen LogP contribution in [0.5, 0.6) is 11.5 Å². The predicted octanol–water partition coefficient (Wildman–Crippen LogP) is 3.43. The van der Waals surface area contributed by atoms with Gasteiger partial charge in [-0.1, -0.05) is 13.3 Å². The van der Waals surface area contributed by atoms with E-state index in [1.54, 1.807) is 30.0 Å². The Labute approximate surface area is 134 Å². The number of carbonyl (C=O) groups excluding carboxylic acids is 1. The second-order valence-electron chi connectivity index (χ2n) is 5.47. The number of halogens is 2. The van der Waals surface area contributed by atoms with Crippen LogP contribution in [0.3, 0.4) is 0 Å². The molecule has 0 radical (unpaired) electrons. The van der Waals surface area contributed by atoms with Crippen LogP contribution in [0.25, 0.3) is 0 Å². The number of carbonyl (C=O) groups is 1. The first-order valence-corrected chi connectivity index (χ1v) is 7.71. The fraction of sp³-hybridized carbons (Fsp3) is 0.562. The molecule has 1 heterocycles. The second kappa shape index (κ2) is 7.48. The van der Waals surface area contributed by atoms with E-state index in [0.717, 1.165) is 6.42 Å². The number of alkyl halides is 2. The van der Waals surface area contributed by atoms with Gasteiger partial charge in [0.15, 0.2) is 18.1 Å². The van der Waals surface area contributed by atoms with Crippen LogP contribution in [-0.2, 0) is 0 Å². The molecule has 5 nitrogen and oxygen atoms in total. The number of ether oxygens (including phenoxy) is 2. The van der Waals surface area contributed by atoms with Crippen LogP contribution in [0.15, 0.2) is 18.2 Å². The Morgan fingerprint density at radius 3 is 2.78 bits per heavy atom. The van der Waals surface area contributed by atoms with Crippen molar-refractivity contribution in [1.82, 2.24) is 5.32 Å². The van der Waals surface area contributed by atoms with E-state index in [1.165, 1.54) is 7.11 Å². The highest BCUT2D eigenvalue weighted by atomic mass is 19.3. The Balaban J connectivity index is 2.17. The summed E-state index contributed by atoms with van der Waals surface area (Å²) >= 11 is 0. The minimum absolute atomic E-state index is 0.205. The lowest BCUT2D eigenvalue weighted by Crippen LogP contribution is -2.46. The summed E-state index contributed by atoms with van der Waals surface area (Å²) < 4.78 is 37.7. The molecule has 2 rings (SSSR count). The van der Waals surface area contributed by atoms with E-state index in [1.807, 2.05) is 0 Å². The third kappa shape index (κ3) is 4.46. The average molecular weight is 328 g/mol. The predicted molar refractivity (Wildman–Crippen MR) is 83.7 cm³/mol. The SMILES string of the molecule is CCCC(F)(F)COc1cc(N2CCCNC2=O)ccc1OC. The number of amides is 2. The van der Waals surface area contributed by atoms with Crippen molar-refractivity contribution in [3.8, 4) is 11.5 Å². The number of hydrogen-bond acceptors (Lipinski definition) is 3. The summed E-state index contributed by atoms with van der Waals surface area (Å²) in [5, 5.41) is 2.75. The number of methoxy groups -OCH3 is 1. The number of benzene rings is 1. The Hall–Kier alpha value is -2.05. The van der Waals surface area contributed by atoms with E-state index in [9.17, 15) is 13.6 Å². The van der Waals surface area contributed by atoms with Crippen molar-refractivity contribution in [1.29, 1.82) is 0 Å². The van der Waals surface area contributed by atoms with Crippen LogP contribution < -0.4 is 19.7 Å². The van der Waals surface area contributed by atoms with Crippen molar-refractivity contribution >= 4 is 11.7 Å². The van der Waals surface area contributed by atoms with E-state index in [2.05, 4.69) is 5.32 Å². The van der Waals surface area contributed by atoms with E-state index < -0.39 is 12.5 Å². The molecule has 1 aromatic rings. The fourth-order valence-electron chi connectivity index (χ4n) is 2.44. The normalized spacial score (nSPS) is 15.3. The molecule has 1 fully saturated rings. The van der Waals surface area contributed by atoms with Gasteiger partial charge in [-0.05, 0) is 18.6 Å². The van der Waals surface area contributed by atoms with E-state index in [4.69, 9.17) is 9.47 Å². The second-order valence-corrected chi connectivity index (χ2v) is 5.47. The summed E-state index contributed by atoms with van der Waals surface area (Å²) in [6.07, 6.45) is 0.966. The Morgan fingerprint density at radius 1 is 1.35 bits per heavy atom. The molecule has 0 aromatic heterocycles. The zero-order valence-electron chi connectivity index (χ0n) is 13.4. The third-order valence-corrected chi connectivity index (χ3v) is 3.59. The Bertz CT molecular complexity index is 552. The quantitative estimate of drug-likeness (QED) is 0.834. The lowest BCUT2D eigenvalue weighted by Gasteiger charge is -2.28. The molecule has 0 spiro atoms. The van der Waals surface area contributed by atoms with E-state index in [-0.39, 0.29) is 18.2 Å². The van der Waals surface area contributed by atoms with Crippen molar-refractivity contribution in [3.05, 3.63) is 18.2 Å². The van der Waals surface area contributed by atoms with Crippen LogP contribution in [0.2, 0.25) is 0 Å². The number of urea groups is 1. The molecule has 0 atom stereocenters. The average Bonchev–Trinajstić information content (AvgIpc) is 2.53. The number of anilines is 1. The molecule has 1 N–H and O–H groups in total. The number of hydrogen-bond donors (Lipinski definition) is 1. The van der Waals surface area contributed by atoms with Gasteiger partial charge >= 0.3 is 6.03 Å². The maximum absolute atomic E-state index is 13.6. The van der Waals surface area contributed by atoms with Crippen molar-refractivity contribution < 1.29 is 23.0 Å². The molecule has 128 valence electrons. The fourth-order valence-corrected chi connectivity index (χ4v) is 2.44. The van der Waals surface area contributed by atoms with Gasteiger partial charge in [-0.3, -0.25) is 4.90 Å². The van der Waals surface area contributed by atoms with E-state index >= 15 is 0 Å². The van der Waals surface area contributed by atoms with Crippen molar-refractivity contribution in [2.75, 3.05) is 31.7 Å². The molecule has 0 bridgehead atoms. The van der Waals surface area contributed by atoms with Crippen molar-refractivity contribution in [3.63, 3.8) is 0 Å². The topological polar surface area (TPSA) is 50.8 Å². The van der Waals surface area contributed by atoms with Crippen LogP contribution in [0, 0.1) is 0 Å². The first-order chi connectivity index (χ1) is 11.0. The molecular weight excluding hydrogens is 306 g/mol. The number of rotatable bonds is 7. The third-order valence-electron chi connectivity index (χ3n) is 3.59. The van der Waals surface area contributed by atoms with Gasteiger partial charge < -0.3 is 14.8 Å². The van der Waals surface area contributed by atoms with Gasteiger partial charge in [0, 0.05) is 31.3 Å². The molecule has 0 unspecified atom stereocenters. The summed E-state index contributed by atoms with van der Waals surface area (Å²) in [5.74, 6) is -2.32. The lowest BCUT2D eigenvalue weighted by atomic mass is 10.2. The van der Waals surface area contributed by atoms with Gasteiger partial charge in [-0.2, -0.15) is 0 Å². The summed E-state index contributed by atoms with van der Waals surface area (Å²) in [6, 6.07) is 4.68. The molecule has 1 aliphatic rings. The summed E-state index contributed by atoms with van der Waals surface area (Å²) in [6.45, 7) is 2.19. The minimum Gasteiger partial charge on any atom is -0.493 e. The Morgan fingerprint density at radius 2 is 2.13 bits per heavy atom. The van der Waals surface area contributed by atoms with Crippen molar-refractivity contribution in [2.24, 2.45) is 0 Å². The summed E-state index contributed by atoms with van der Waals surface area (Å²) in [4.78, 5) is 13.4. The zero-order valence-corrected chi connectivity index (χ0v) is 13.4. The van der Waals surface area contributed by atoms with Gasteiger partial charge in [-0.15, -0.1) is 0 Å². The van der Waals surface area contributed by atoms with Gasteiger partial charge in [0.05, 0.1) is 7.11 Å². The highest BCUT2D eigenvalue weighted by Gasteiger charge is 2.29. The molecule has 1 aromatic carbocycles. The maximum Gasteiger partial charge on any atom is 0.321 e. The molecule has 1 saturated heterocycles. The first-order valence-electron chi connectivity index (χ1n) is 7.71. The standard InChI is InChI=1S/C16H22F2N2O3/c1-3-7-16(17,18)11-23-14-10-12(5-6-13(14)22-2)20-9-4-8-19-15(20)21/h5-6,10H,3-4,7-9,11H2,1-2H3,(H,19,21). The van der Waals surface area contributed by atoms with Crippen LogP contribution in [0.1, 0.15) is 26.2 Å². The maximum atomic E-state index is 13.6. The summed E-state index contributed by atoms with van der Waals surface area (Å²) in [5.41, 5.74) is 0.594. The zero-order chi connectivity index (χ0) is 16.9. The highest BCUT2D eigenvalue weighted by Crippen LogP contribution is 2.34. The smallest absolute Gasteiger partial charge is 0.321 e. The van der Waals surface area contributed by atoms with E-state index in [0.29, 0.717) is 30.9 Å². The van der Waals surface area contributed by atoms with Crippen molar-refractivity contribution in [2.45, 2.75) is 32.1 Å². The molecule has 7 heteroatoms. The van der Waals surface area contributed by atoms with Crippen LogP contribution in [0.4, 0.5) is 19.3 Å². The van der Waals surface area contributed by atoms with Crippen LogP contribution >= 0.6 is 0 Å². The molecular formula is C16H22F2N2O3.